The fraction of sp³-hybridized carbons (Fsp3) is 0.103. The topological polar surface area (TPSA) is 68.8 Å². The summed E-state index contributed by atoms with van der Waals surface area (Å²) in [4.78, 5) is 12.8. The Labute approximate surface area is 215 Å². The van der Waals surface area contributed by atoms with Gasteiger partial charge in [0.2, 0.25) is 0 Å². The van der Waals surface area contributed by atoms with Crippen LogP contribution in [0.2, 0.25) is 0 Å². The van der Waals surface area contributed by atoms with E-state index in [9.17, 15) is 4.79 Å². The van der Waals surface area contributed by atoms with Crippen molar-refractivity contribution >= 4 is 28.9 Å². The highest BCUT2D eigenvalue weighted by Gasteiger charge is 2.14. The summed E-state index contributed by atoms with van der Waals surface area (Å²) in [5.41, 5.74) is 2.21. The molecule has 182 valence electrons. The lowest BCUT2D eigenvalue weighted by atomic mass is 10.2. The van der Waals surface area contributed by atoms with Gasteiger partial charge in [-0.05, 0) is 66.3 Å². The van der Waals surface area contributed by atoms with Crippen LogP contribution < -0.4 is 24.8 Å². The maximum absolute atomic E-state index is 12.8. The van der Waals surface area contributed by atoms with E-state index in [1.165, 1.54) is 0 Å². The van der Waals surface area contributed by atoms with Gasteiger partial charge in [0.15, 0.2) is 5.11 Å². The van der Waals surface area contributed by atoms with E-state index in [4.69, 9.17) is 26.4 Å². The monoisotopic (exact) mass is 498 g/mol. The van der Waals surface area contributed by atoms with Crippen LogP contribution in [0, 0.1) is 0 Å². The van der Waals surface area contributed by atoms with E-state index in [1.54, 1.807) is 18.2 Å². The SMILES string of the molecule is O=C(NC(=S)Nc1ccc(OCc2ccccc2)cc1)c1ccccc1OCCOc1ccccc1. The Morgan fingerprint density at radius 1 is 0.667 bits per heavy atom. The number of hydrogen-bond donors (Lipinski definition) is 2. The van der Waals surface area contributed by atoms with Gasteiger partial charge in [0.1, 0.15) is 37.1 Å². The Bertz CT molecular complexity index is 1270. The zero-order valence-electron chi connectivity index (χ0n) is 19.6. The van der Waals surface area contributed by atoms with Crippen molar-refractivity contribution in [3.05, 3.63) is 120 Å². The molecule has 0 fully saturated rings. The Morgan fingerprint density at radius 3 is 2.03 bits per heavy atom. The van der Waals surface area contributed by atoms with E-state index in [0.717, 1.165) is 22.7 Å². The van der Waals surface area contributed by atoms with Gasteiger partial charge in [0.05, 0.1) is 5.56 Å². The van der Waals surface area contributed by atoms with E-state index >= 15 is 0 Å². The molecule has 4 aromatic carbocycles. The summed E-state index contributed by atoms with van der Waals surface area (Å²) in [5, 5.41) is 5.90. The summed E-state index contributed by atoms with van der Waals surface area (Å²) >= 11 is 5.33. The number of hydrogen-bond acceptors (Lipinski definition) is 5. The van der Waals surface area contributed by atoms with Crippen molar-refractivity contribution in [2.24, 2.45) is 0 Å². The average molecular weight is 499 g/mol. The Kier molecular flexibility index (Phi) is 8.89. The van der Waals surface area contributed by atoms with Gasteiger partial charge >= 0.3 is 0 Å². The molecule has 0 spiro atoms. The lowest BCUT2D eigenvalue weighted by molar-refractivity contribution is 0.0972. The first kappa shape index (κ1) is 24.8. The van der Waals surface area contributed by atoms with Crippen molar-refractivity contribution in [1.29, 1.82) is 0 Å². The minimum Gasteiger partial charge on any atom is -0.490 e. The maximum Gasteiger partial charge on any atom is 0.261 e. The Morgan fingerprint density at radius 2 is 1.28 bits per heavy atom. The quantitative estimate of drug-likeness (QED) is 0.211. The molecule has 0 unspecified atom stereocenters. The Hall–Kier alpha value is -4.36. The standard InChI is InChI=1S/C29H26N2O4S/c32-28(26-13-7-8-14-27(26)34-20-19-33-24-11-5-2-6-12-24)31-29(36)30-23-15-17-25(18-16-23)35-21-22-9-3-1-4-10-22/h1-18H,19-21H2,(H2,30,31,32,36). The van der Waals surface area contributed by atoms with Gasteiger partial charge in [-0.25, -0.2) is 0 Å². The first-order valence-electron chi connectivity index (χ1n) is 11.5. The maximum atomic E-state index is 12.8. The first-order valence-corrected chi connectivity index (χ1v) is 11.9. The number of para-hydroxylation sites is 2. The minimum absolute atomic E-state index is 0.181. The molecule has 2 N–H and O–H groups in total. The molecule has 0 radical (unpaired) electrons. The molecule has 0 heterocycles. The summed E-state index contributed by atoms with van der Waals surface area (Å²) in [5.74, 6) is 1.59. The largest absolute Gasteiger partial charge is 0.490 e. The molecule has 1 amide bonds. The number of carbonyl (C=O) groups excluding carboxylic acids is 1. The minimum atomic E-state index is -0.366. The van der Waals surface area contributed by atoms with Crippen LogP contribution in [-0.2, 0) is 6.61 Å². The second-order valence-corrected chi connectivity index (χ2v) is 8.12. The average Bonchev–Trinajstić information content (AvgIpc) is 2.92. The van der Waals surface area contributed by atoms with Crippen LogP contribution in [0.15, 0.2) is 109 Å². The van der Waals surface area contributed by atoms with Gasteiger partial charge in [0.25, 0.3) is 5.91 Å². The lowest BCUT2D eigenvalue weighted by Crippen LogP contribution is -2.34. The molecule has 6 nitrogen and oxygen atoms in total. The molecular formula is C29H26N2O4S. The molecular weight excluding hydrogens is 472 g/mol. The molecule has 0 bridgehead atoms. The number of thiocarbonyl (C=S) groups is 1. The molecule has 0 aliphatic heterocycles. The van der Waals surface area contributed by atoms with Crippen LogP contribution in [0.4, 0.5) is 5.69 Å². The summed E-state index contributed by atoms with van der Waals surface area (Å²) in [7, 11) is 0. The van der Waals surface area contributed by atoms with E-state index in [-0.39, 0.29) is 11.0 Å². The van der Waals surface area contributed by atoms with Crippen molar-refractivity contribution in [3.8, 4) is 17.2 Å². The van der Waals surface area contributed by atoms with Gasteiger partial charge in [-0.15, -0.1) is 0 Å². The van der Waals surface area contributed by atoms with E-state index in [2.05, 4.69) is 10.6 Å². The van der Waals surface area contributed by atoms with Crippen LogP contribution >= 0.6 is 12.2 Å². The molecule has 0 aliphatic carbocycles. The van der Waals surface area contributed by atoms with Gasteiger partial charge in [-0.3, -0.25) is 10.1 Å². The van der Waals surface area contributed by atoms with Crippen molar-refractivity contribution in [2.75, 3.05) is 18.5 Å². The highest BCUT2D eigenvalue weighted by atomic mass is 32.1. The van der Waals surface area contributed by atoms with Crippen LogP contribution in [0.1, 0.15) is 15.9 Å². The third-order valence-electron chi connectivity index (χ3n) is 5.07. The van der Waals surface area contributed by atoms with Crippen molar-refractivity contribution in [2.45, 2.75) is 6.61 Å². The molecule has 4 aromatic rings. The van der Waals surface area contributed by atoms with Crippen LogP contribution in [0.25, 0.3) is 0 Å². The second-order valence-electron chi connectivity index (χ2n) is 7.71. The van der Waals surface area contributed by atoms with E-state index < -0.39 is 0 Å². The number of amides is 1. The predicted molar refractivity (Wildman–Crippen MR) is 145 cm³/mol. The molecule has 0 atom stereocenters. The van der Waals surface area contributed by atoms with Gasteiger partial charge in [-0.1, -0.05) is 60.7 Å². The third kappa shape index (κ3) is 7.58. The molecule has 4 rings (SSSR count). The first-order chi connectivity index (χ1) is 17.7. The number of nitrogens with one attached hydrogen (secondary N) is 2. The molecule has 0 saturated heterocycles. The zero-order chi connectivity index (χ0) is 25.0. The molecule has 36 heavy (non-hydrogen) atoms. The number of ether oxygens (including phenoxy) is 3. The molecule has 0 aromatic heterocycles. The van der Waals surface area contributed by atoms with Gasteiger partial charge in [0, 0.05) is 5.69 Å². The van der Waals surface area contributed by atoms with Crippen LogP contribution in [0.5, 0.6) is 17.2 Å². The highest BCUT2D eigenvalue weighted by molar-refractivity contribution is 7.80. The van der Waals surface area contributed by atoms with Gasteiger partial charge in [-0.2, -0.15) is 0 Å². The van der Waals surface area contributed by atoms with Gasteiger partial charge < -0.3 is 19.5 Å². The fourth-order valence-corrected chi connectivity index (χ4v) is 3.53. The van der Waals surface area contributed by atoms with E-state index in [0.29, 0.717) is 31.1 Å². The van der Waals surface area contributed by atoms with E-state index in [1.807, 2.05) is 91.0 Å². The number of carbonyl (C=O) groups is 1. The van der Waals surface area contributed by atoms with Crippen molar-refractivity contribution in [3.63, 3.8) is 0 Å². The van der Waals surface area contributed by atoms with Crippen LogP contribution in [0.3, 0.4) is 0 Å². The number of rotatable bonds is 10. The number of benzene rings is 4. The summed E-state index contributed by atoms with van der Waals surface area (Å²) in [6, 6.07) is 33.8. The molecule has 0 aliphatic rings. The third-order valence-corrected chi connectivity index (χ3v) is 5.28. The normalized spacial score (nSPS) is 10.2. The second kappa shape index (κ2) is 12.9. The summed E-state index contributed by atoms with van der Waals surface area (Å²) < 4.78 is 17.2. The molecule has 7 heteroatoms. The van der Waals surface area contributed by atoms with Crippen molar-refractivity contribution in [1.82, 2.24) is 5.32 Å². The fourth-order valence-electron chi connectivity index (χ4n) is 3.32. The Balaban J connectivity index is 1.25. The predicted octanol–water partition coefficient (Wildman–Crippen LogP) is 5.85. The summed E-state index contributed by atoms with van der Waals surface area (Å²) in [6.07, 6.45) is 0. The smallest absolute Gasteiger partial charge is 0.261 e. The van der Waals surface area contributed by atoms with Crippen LogP contribution in [-0.4, -0.2) is 24.2 Å². The molecule has 0 saturated carbocycles. The van der Waals surface area contributed by atoms with Crippen molar-refractivity contribution < 1.29 is 19.0 Å². The number of anilines is 1. The lowest BCUT2D eigenvalue weighted by Gasteiger charge is -2.14. The summed E-state index contributed by atoms with van der Waals surface area (Å²) in [6.45, 7) is 1.13. The zero-order valence-corrected chi connectivity index (χ0v) is 20.4. The highest BCUT2D eigenvalue weighted by Crippen LogP contribution is 2.19.